The minimum atomic E-state index is 0.0125. The summed E-state index contributed by atoms with van der Waals surface area (Å²) in [6.07, 6.45) is 3.65. The standard InChI is InChI=1S/C16H16N2S/c1-11(12-6-8-18-9-7-12)16(17)14-10-19-15-5-3-2-4-13(14)15/h2-11,16H,17H2,1H3. The molecular formula is C16H16N2S. The van der Waals surface area contributed by atoms with Crippen LogP contribution in [0.15, 0.2) is 54.2 Å². The maximum Gasteiger partial charge on any atom is 0.0376 e. The van der Waals surface area contributed by atoms with E-state index in [4.69, 9.17) is 5.73 Å². The van der Waals surface area contributed by atoms with E-state index in [9.17, 15) is 0 Å². The smallest absolute Gasteiger partial charge is 0.0376 e. The third-order valence-corrected chi connectivity index (χ3v) is 4.62. The molecule has 2 atom stereocenters. The molecule has 0 bridgehead atoms. The Hall–Kier alpha value is -1.71. The van der Waals surface area contributed by atoms with E-state index in [2.05, 4.69) is 41.6 Å². The van der Waals surface area contributed by atoms with Gasteiger partial charge < -0.3 is 5.73 Å². The van der Waals surface area contributed by atoms with Crippen LogP contribution in [-0.2, 0) is 0 Å². The number of hydrogen-bond acceptors (Lipinski definition) is 3. The van der Waals surface area contributed by atoms with Crippen LogP contribution in [0, 0.1) is 0 Å². The third-order valence-electron chi connectivity index (χ3n) is 3.64. The number of nitrogens with zero attached hydrogens (tertiary/aromatic N) is 1. The van der Waals surface area contributed by atoms with Gasteiger partial charge in [0.15, 0.2) is 0 Å². The summed E-state index contributed by atoms with van der Waals surface area (Å²) in [7, 11) is 0. The van der Waals surface area contributed by atoms with Crippen molar-refractivity contribution < 1.29 is 0 Å². The van der Waals surface area contributed by atoms with Gasteiger partial charge in [-0.25, -0.2) is 0 Å². The molecular weight excluding hydrogens is 252 g/mol. The van der Waals surface area contributed by atoms with Crippen LogP contribution in [0.5, 0.6) is 0 Å². The van der Waals surface area contributed by atoms with Gasteiger partial charge in [0.1, 0.15) is 0 Å². The van der Waals surface area contributed by atoms with Crippen LogP contribution in [0.25, 0.3) is 10.1 Å². The summed E-state index contributed by atoms with van der Waals surface area (Å²) >= 11 is 1.76. The lowest BCUT2D eigenvalue weighted by atomic mass is 9.89. The zero-order valence-electron chi connectivity index (χ0n) is 10.8. The van der Waals surface area contributed by atoms with E-state index in [0.717, 1.165) is 0 Å². The molecule has 3 aromatic rings. The molecule has 0 saturated heterocycles. The molecule has 96 valence electrons. The Morgan fingerprint density at radius 2 is 1.84 bits per heavy atom. The number of aromatic nitrogens is 1. The molecule has 0 aliphatic heterocycles. The Bertz CT molecular complexity index is 675. The maximum absolute atomic E-state index is 6.47. The Morgan fingerprint density at radius 3 is 2.63 bits per heavy atom. The molecule has 2 unspecified atom stereocenters. The van der Waals surface area contributed by atoms with Crippen molar-refractivity contribution in [1.82, 2.24) is 4.98 Å². The SMILES string of the molecule is CC(c1ccncc1)C(N)c1csc2ccccc12. The third kappa shape index (κ3) is 2.27. The van der Waals surface area contributed by atoms with Crippen molar-refractivity contribution in [3.63, 3.8) is 0 Å². The second-order valence-corrected chi connectivity index (χ2v) is 5.69. The molecule has 0 aliphatic carbocycles. The second-order valence-electron chi connectivity index (χ2n) is 4.78. The summed E-state index contributed by atoms with van der Waals surface area (Å²) in [6.45, 7) is 2.17. The molecule has 2 N–H and O–H groups in total. The fourth-order valence-electron chi connectivity index (χ4n) is 2.40. The maximum atomic E-state index is 6.47. The van der Waals surface area contributed by atoms with Crippen LogP contribution >= 0.6 is 11.3 Å². The quantitative estimate of drug-likeness (QED) is 0.776. The molecule has 2 aromatic heterocycles. The Balaban J connectivity index is 1.98. The molecule has 19 heavy (non-hydrogen) atoms. The normalized spacial score (nSPS) is 14.4. The van der Waals surface area contributed by atoms with Crippen molar-refractivity contribution >= 4 is 21.4 Å². The van der Waals surface area contributed by atoms with E-state index in [1.807, 2.05) is 24.5 Å². The first-order valence-electron chi connectivity index (χ1n) is 6.39. The van der Waals surface area contributed by atoms with Crippen LogP contribution in [0.4, 0.5) is 0 Å². The van der Waals surface area contributed by atoms with E-state index in [0.29, 0.717) is 0 Å². The first-order chi connectivity index (χ1) is 9.27. The van der Waals surface area contributed by atoms with Crippen molar-refractivity contribution in [1.29, 1.82) is 0 Å². The van der Waals surface area contributed by atoms with Crippen molar-refractivity contribution in [2.24, 2.45) is 5.73 Å². The van der Waals surface area contributed by atoms with E-state index in [1.165, 1.54) is 21.2 Å². The lowest BCUT2D eigenvalue weighted by Gasteiger charge is -2.20. The van der Waals surface area contributed by atoms with Crippen LogP contribution in [0.3, 0.4) is 0 Å². The molecule has 2 heterocycles. The Kier molecular flexibility index (Phi) is 3.32. The fourth-order valence-corrected chi connectivity index (χ4v) is 3.41. The highest BCUT2D eigenvalue weighted by atomic mass is 32.1. The predicted molar refractivity (Wildman–Crippen MR) is 81.4 cm³/mol. The van der Waals surface area contributed by atoms with Crippen molar-refractivity contribution in [2.75, 3.05) is 0 Å². The zero-order valence-corrected chi connectivity index (χ0v) is 11.6. The fraction of sp³-hybridized carbons (Fsp3) is 0.188. The number of benzene rings is 1. The summed E-state index contributed by atoms with van der Waals surface area (Å²) in [4.78, 5) is 4.06. The second kappa shape index (κ2) is 5.11. The van der Waals surface area contributed by atoms with Gasteiger partial charge in [-0.05, 0) is 40.1 Å². The summed E-state index contributed by atoms with van der Waals surface area (Å²) < 4.78 is 1.30. The van der Waals surface area contributed by atoms with Crippen LogP contribution in [0.1, 0.15) is 30.0 Å². The molecule has 0 spiro atoms. The minimum absolute atomic E-state index is 0.0125. The lowest BCUT2D eigenvalue weighted by molar-refractivity contribution is 0.602. The first-order valence-corrected chi connectivity index (χ1v) is 7.27. The molecule has 0 fully saturated rings. The average molecular weight is 268 g/mol. The van der Waals surface area contributed by atoms with Gasteiger partial charge in [0.05, 0.1) is 0 Å². The van der Waals surface area contributed by atoms with Gasteiger partial charge in [-0.3, -0.25) is 4.98 Å². The molecule has 3 heteroatoms. The van der Waals surface area contributed by atoms with Gasteiger partial charge in [-0.15, -0.1) is 11.3 Å². The van der Waals surface area contributed by atoms with Crippen LogP contribution in [-0.4, -0.2) is 4.98 Å². The Labute approximate surface area is 116 Å². The molecule has 0 amide bonds. The molecule has 0 radical (unpaired) electrons. The number of thiophene rings is 1. The summed E-state index contributed by atoms with van der Waals surface area (Å²) in [5.74, 6) is 0.279. The number of hydrogen-bond donors (Lipinski definition) is 1. The molecule has 0 saturated carbocycles. The van der Waals surface area contributed by atoms with Crippen molar-refractivity contribution in [3.05, 3.63) is 65.3 Å². The number of fused-ring (bicyclic) bond motifs is 1. The van der Waals surface area contributed by atoms with Crippen molar-refractivity contribution in [3.8, 4) is 0 Å². The summed E-state index contributed by atoms with van der Waals surface area (Å²) in [5, 5.41) is 3.47. The monoisotopic (exact) mass is 268 g/mol. The zero-order chi connectivity index (χ0) is 13.2. The van der Waals surface area contributed by atoms with Crippen molar-refractivity contribution in [2.45, 2.75) is 18.9 Å². The lowest BCUT2D eigenvalue weighted by Crippen LogP contribution is -2.17. The Morgan fingerprint density at radius 1 is 1.11 bits per heavy atom. The van der Waals surface area contributed by atoms with E-state index in [-0.39, 0.29) is 12.0 Å². The highest BCUT2D eigenvalue weighted by Gasteiger charge is 2.19. The van der Waals surface area contributed by atoms with E-state index < -0.39 is 0 Å². The largest absolute Gasteiger partial charge is 0.323 e. The van der Waals surface area contributed by atoms with Gasteiger partial charge in [0.25, 0.3) is 0 Å². The highest BCUT2D eigenvalue weighted by Crippen LogP contribution is 2.35. The van der Waals surface area contributed by atoms with Gasteiger partial charge >= 0.3 is 0 Å². The van der Waals surface area contributed by atoms with Gasteiger partial charge in [0.2, 0.25) is 0 Å². The van der Waals surface area contributed by atoms with Crippen LogP contribution in [0.2, 0.25) is 0 Å². The minimum Gasteiger partial charge on any atom is -0.323 e. The number of pyridine rings is 1. The molecule has 0 aliphatic rings. The molecule has 2 nitrogen and oxygen atoms in total. The molecule has 1 aromatic carbocycles. The van der Waals surface area contributed by atoms with Crippen LogP contribution < -0.4 is 5.73 Å². The number of nitrogens with two attached hydrogens (primary N) is 1. The summed E-state index contributed by atoms with van der Waals surface area (Å²) in [5.41, 5.74) is 8.94. The van der Waals surface area contributed by atoms with Gasteiger partial charge in [0, 0.05) is 29.1 Å². The van der Waals surface area contributed by atoms with E-state index >= 15 is 0 Å². The van der Waals surface area contributed by atoms with Gasteiger partial charge in [-0.2, -0.15) is 0 Å². The highest BCUT2D eigenvalue weighted by molar-refractivity contribution is 7.17. The van der Waals surface area contributed by atoms with E-state index in [1.54, 1.807) is 11.3 Å². The van der Waals surface area contributed by atoms with Gasteiger partial charge in [-0.1, -0.05) is 25.1 Å². The first kappa shape index (κ1) is 12.3. The molecule has 3 rings (SSSR count). The summed E-state index contributed by atoms with van der Waals surface area (Å²) in [6, 6.07) is 12.5. The topological polar surface area (TPSA) is 38.9 Å². The number of rotatable bonds is 3. The average Bonchev–Trinajstić information content (AvgIpc) is 2.90. The predicted octanol–water partition coefficient (Wildman–Crippen LogP) is 4.10.